The number of aryl methyl sites for hydroxylation is 1. The highest BCUT2D eigenvalue weighted by atomic mass is 16.5. The van der Waals surface area contributed by atoms with Gasteiger partial charge in [-0.15, -0.1) is 0 Å². The van der Waals surface area contributed by atoms with E-state index in [4.69, 9.17) is 10.5 Å². The van der Waals surface area contributed by atoms with E-state index in [1.54, 1.807) is 13.3 Å². The quantitative estimate of drug-likeness (QED) is 0.540. The molecule has 0 saturated carbocycles. The third kappa shape index (κ3) is 4.88. The average Bonchev–Trinajstić information content (AvgIpc) is 3.13. The lowest BCUT2D eigenvalue weighted by Gasteiger charge is -2.36. The Kier molecular flexibility index (Phi) is 6.51. The number of methoxy groups -OCH3 is 1. The van der Waals surface area contributed by atoms with Gasteiger partial charge in [0.2, 0.25) is 5.95 Å². The zero-order valence-electron chi connectivity index (χ0n) is 17.8. The Balaban J connectivity index is 1.28. The molecule has 1 saturated heterocycles. The number of aromatic nitrogens is 3. The first kappa shape index (κ1) is 20.9. The molecule has 4 rings (SSSR count). The third-order valence-corrected chi connectivity index (χ3v) is 5.64. The third-order valence-electron chi connectivity index (χ3n) is 5.64. The van der Waals surface area contributed by atoms with Crippen molar-refractivity contribution in [3.8, 4) is 5.75 Å². The molecule has 2 amide bonds. The van der Waals surface area contributed by atoms with Crippen molar-refractivity contribution >= 4 is 28.8 Å². The van der Waals surface area contributed by atoms with Crippen molar-refractivity contribution in [3.05, 3.63) is 42.6 Å². The Bertz CT molecular complexity index is 1030. The molecule has 3 aromatic rings. The van der Waals surface area contributed by atoms with Crippen LogP contribution in [0.4, 0.5) is 16.4 Å². The molecule has 0 bridgehead atoms. The van der Waals surface area contributed by atoms with Crippen LogP contribution >= 0.6 is 0 Å². The second kappa shape index (κ2) is 9.65. The molecule has 1 aliphatic rings. The van der Waals surface area contributed by atoms with Crippen LogP contribution in [-0.4, -0.2) is 65.3 Å². The molecule has 9 nitrogen and oxygen atoms in total. The van der Waals surface area contributed by atoms with Crippen LogP contribution in [0.5, 0.6) is 5.75 Å². The van der Waals surface area contributed by atoms with Crippen LogP contribution in [0.1, 0.15) is 12.8 Å². The molecule has 0 radical (unpaired) electrons. The number of anilines is 2. The zero-order valence-corrected chi connectivity index (χ0v) is 17.8. The van der Waals surface area contributed by atoms with Gasteiger partial charge in [-0.3, -0.25) is 14.8 Å². The standard InChI is InChI=1S/C22H29N7O2/c1-31-19-9-3-2-8-18(19)28-15-13-27(14-16-28)11-4-5-12-29-20-17(7-6-10-24-20)25-22(29)26-21(23)30/h2-3,6-10H,4-5,11-16H2,1H3,(H3,23,25,26,30). The predicted octanol–water partition coefficient (Wildman–Crippen LogP) is 2.53. The largest absolute Gasteiger partial charge is 0.495 e. The number of benzene rings is 1. The summed E-state index contributed by atoms with van der Waals surface area (Å²) in [6.45, 7) is 5.80. The molecule has 2 aromatic heterocycles. The summed E-state index contributed by atoms with van der Waals surface area (Å²) in [5.41, 5.74) is 7.97. The number of amides is 2. The van der Waals surface area contributed by atoms with Crippen molar-refractivity contribution in [1.29, 1.82) is 0 Å². The van der Waals surface area contributed by atoms with Gasteiger partial charge in [0, 0.05) is 38.9 Å². The minimum Gasteiger partial charge on any atom is -0.495 e. The predicted molar refractivity (Wildman–Crippen MR) is 122 cm³/mol. The number of hydrogen-bond donors (Lipinski definition) is 2. The fourth-order valence-corrected chi connectivity index (χ4v) is 4.08. The fraction of sp³-hybridized carbons (Fsp3) is 0.409. The van der Waals surface area contributed by atoms with Crippen LogP contribution in [0.3, 0.4) is 0 Å². The zero-order chi connectivity index (χ0) is 21.6. The lowest BCUT2D eigenvalue weighted by molar-refractivity contribution is 0.250. The monoisotopic (exact) mass is 423 g/mol. The summed E-state index contributed by atoms with van der Waals surface area (Å²) in [6, 6.07) is 11.3. The molecule has 31 heavy (non-hydrogen) atoms. The molecular weight excluding hydrogens is 394 g/mol. The van der Waals surface area contributed by atoms with Gasteiger partial charge in [0.05, 0.1) is 12.8 Å². The number of rotatable bonds is 8. The Hall–Kier alpha value is -3.33. The van der Waals surface area contributed by atoms with Crippen LogP contribution in [0.25, 0.3) is 11.2 Å². The van der Waals surface area contributed by atoms with Crippen molar-refractivity contribution in [3.63, 3.8) is 0 Å². The summed E-state index contributed by atoms with van der Waals surface area (Å²) < 4.78 is 7.43. The lowest BCUT2D eigenvalue weighted by atomic mass is 10.2. The molecule has 1 aromatic carbocycles. The van der Waals surface area contributed by atoms with Crippen molar-refractivity contribution in [2.45, 2.75) is 19.4 Å². The van der Waals surface area contributed by atoms with Gasteiger partial charge >= 0.3 is 6.03 Å². The first-order valence-corrected chi connectivity index (χ1v) is 10.6. The maximum Gasteiger partial charge on any atom is 0.318 e. The second-order valence-electron chi connectivity index (χ2n) is 7.63. The van der Waals surface area contributed by atoms with E-state index in [-0.39, 0.29) is 0 Å². The highest BCUT2D eigenvalue weighted by Gasteiger charge is 2.19. The summed E-state index contributed by atoms with van der Waals surface area (Å²) in [4.78, 5) is 25.1. The number of imidazole rings is 1. The number of nitrogens with zero attached hydrogens (tertiary/aromatic N) is 5. The van der Waals surface area contributed by atoms with E-state index >= 15 is 0 Å². The Morgan fingerprint density at radius 2 is 1.87 bits per heavy atom. The van der Waals surface area contributed by atoms with Gasteiger partial charge in [0.25, 0.3) is 0 Å². The number of fused-ring (bicyclic) bond motifs is 1. The summed E-state index contributed by atoms with van der Waals surface area (Å²) in [5.74, 6) is 1.38. The number of piperazine rings is 1. The highest BCUT2D eigenvalue weighted by Crippen LogP contribution is 2.28. The number of primary amides is 1. The second-order valence-corrected chi connectivity index (χ2v) is 7.63. The minimum atomic E-state index is -0.621. The topological polar surface area (TPSA) is 102 Å². The van der Waals surface area contributed by atoms with Gasteiger partial charge in [-0.05, 0) is 43.7 Å². The Morgan fingerprint density at radius 1 is 1.10 bits per heavy atom. The van der Waals surface area contributed by atoms with Crippen molar-refractivity contribution < 1.29 is 9.53 Å². The van der Waals surface area contributed by atoms with E-state index in [0.717, 1.165) is 69.0 Å². The first-order valence-electron chi connectivity index (χ1n) is 10.6. The molecule has 0 atom stereocenters. The smallest absolute Gasteiger partial charge is 0.318 e. The maximum atomic E-state index is 11.3. The normalized spacial score (nSPS) is 14.7. The summed E-state index contributed by atoms with van der Waals surface area (Å²) >= 11 is 0. The summed E-state index contributed by atoms with van der Waals surface area (Å²) in [5, 5.41) is 2.61. The van der Waals surface area contributed by atoms with Crippen molar-refractivity contribution in [2.24, 2.45) is 5.73 Å². The van der Waals surface area contributed by atoms with Gasteiger partial charge in [-0.25, -0.2) is 14.8 Å². The van der Waals surface area contributed by atoms with Gasteiger partial charge in [0.15, 0.2) is 5.65 Å². The molecule has 0 unspecified atom stereocenters. The average molecular weight is 424 g/mol. The van der Waals surface area contributed by atoms with E-state index < -0.39 is 6.03 Å². The highest BCUT2D eigenvalue weighted by molar-refractivity contribution is 5.88. The van der Waals surface area contributed by atoms with Gasteiger partial charge in [0.1, 0.15) is 11.3 Å². The van der Waals surface area contributed by atoms with Crippen LogP contribution in [0.2, 0.25) is 0 Å². The molecule has 3 N–H and O–H groups in total. The molecular formula is C22H29N7O2. The minimum absolute atomic E-state index is 0.451. The van der Waals surface area contributed by atoms with E-state index in [2.05, 4.69) is 37.2 Å². The van der Waals surface area contributed by atoms with Crippen molar-refractivity contribution in [2.75, 3.05) is 50.1 Å². The fourth-order valence-electron chi connectivity index (χ4n) is 4.08. The molecule has 3 heterocycles. The number of nitrogens with two attached hydrogens (primary N) is 1. The van der Waals surface area contributed by atoms with Crippen molar-refractivity contribution in [1.82, 2.24) is 19.4 Å². The van der Waals surface area contributed by atoms with Crippen LogP contribution in [-0.2, 0) is 6.54 Å². The first-order chi connectivity index (χ1) is 15.2. The lowest BCUT2D eigenvalue weighted by Crippen LogP contribution is -2.46. The Morgan fingerprint density at radius 3 is 2.65 bits per heavy atom. The summed E-state index contributed by atoms with van der Waals surface area (Å²) in [6.07, 6.45) is 3.75. The maximum absolute atomic E-state index is 11.3. The van der Waals surface area contributed by atoms with Crippen LogP contribution in [0, 0.1) is 0 Å². The number of carbonyl (C=O) groups excluding carboxylic acids is 1. The number of unbranched alkanes of at least 4 members (excludes halogenated alkanes) is 1. The van der Waals surface area contributed by atoms with Gasteiger partial charge in [-0.2, -0.15) is 0 Å². The number of hydrogen-bond acceptors (Lipinski definition) is 6. The molecule has 9 heteroatoms. The van der Waals surface area contributed by atoms with Crippen LogP contribution < -0.4 is 20.7 Å². The molecule has 164 valence electrons. The number of ether oxygens (including phenoxy) is 1. The van der Waals surface area contributed by atoms with Gasteiger partial charge in [-0.1, -0.05) is 12.1 Å². The number of pyridine rings is 1. The molecule has 0 aliphatic carbocycles. The molecule has 0 spiro atoms. The van der Waals surface area contributed by atoms with E-state index in [1.807, 2.05) is 28.8 Å². The van der Waals surface area contributed by atoms with E-state index in [0.29, 0.717) is 5.95 Å². The number of carbonyl (C=O) groups is 1. The number of para-hydroxylation sites is 2. The summed E-state index contributed by atoms with van der Waals surface area (Å²) in [7, 11) is 1.72. The van der Waals surface area contributed by atoms with E-state index in [9.17, 15) is 4.79 Å². The Labute approximate surface area is 181 Å². The molecule has 1 fully saturated rings. The number of nitrogens with one attached hydrogen (secondary N) is 1. The van der Waals surface area contributed by atoms with Gasteiger partial charge < -0.3 is 15.4 Å². The molecule has 1 aliphatic heterocycles. The SMILES string of the molecule is COc1ccccc1N1CCN(CCCCn2c(NC(N)=O)nc3cccnc32)CC1. The van der Waals surface area contributed by atoms with Crippen LogP contribution in [0.15, 0.2) is 42.6 Å². The number of urea groups is 1. The van der Waals surface area contributed by atoms with E-state index in [1.165, 1.54) is 5.69 Å².